The van der Waals surface area contributed by atoms with Gasteiger partial charge in [0.2, 0.25) is 0 Å². The van der Waals surface area contributed by atoms with Gasteiger partial charge >= 0.3 is 17.9 Å². The molecule has 7 nitrogen and oxygen atoms in total. The molecule has 29 heavy (non-hydrogen) atoms. The van der Waals surface area contributed by atoms with E-state index in [2.05, 4.69) is 4.84 Å². The van der Waals surface area contributed by atoms with Gasteiger partial charge in [-0.05, 0) is 63.6 Å². The van der Waals surface area contributed by atoms with Crippen LogP contribution in [0, 0.1) is 11.8 Å². The molecule has 0 aromatic heterocycles. The number of hydrogen-bond donors (Lipinski definition) is 1. The summed E-state index contributed by atoms with van der Waals surface area (Å²) < 4.78 is 17.2. The number of ether oxygens (including phenoxy) is 3. The van der Waals surface area contributed by atoms with Crippen LogP contribution in [0.5, 0.6) is 0 Å². The van der Waals surface area contributed by atoms with E-state index in [1.807, 2.05) is 0 Å². The molecule has 164 valence electrons. The lowest BCUT2D eigenvalue weighted by Crippen LogP contribution is -2.46. The first-order valence-electron chi connectivity index (χ1n) is 11.0. The molecule has 1 N–H and O–H groups in total. The van der Waals surface area contributed by atoms with Gasteiger partial charge in [0.15, 0.2) is 6.10 Å². The van der Waals surface area contributed by atoms with E-state index >= 15 is 0 Å². The molecule has 3 fully saturated rings. The number of cyclic esters (lactones) is 1. The number of esters is 3. The summed E-state index contributed by atoms with van der Waals surface area (Å²) in [5, 5.41) is 0. The second-order valence-corrected chi connectivity index (χ2v) is 8.79. The zero-order valence-electron chi connectivity index (χ0n) is 17.1. The van der Waals surface area contributed by atoms with E-state index in [0.29, 0.717) is 19.3 Å². The van der Waals surface area contributed by atoms with Gasteiger partial charge in [0.05, 0.1) is 11.8 Å². The number of hydrogen-bond acceptors (Lipinski definition) is 7. The maximum absolute atomic E-state index is 12.7. The van der Waals surface area contributed by atoms with Gasteiger partial charge in [-0.2, -0.15) is 0 Å². The van der Waals surface area contributed by atoms with Gasteiger partial charge in [0.25, 0.3) is 0 Å². The van der Waals surface area contributed by atoms with Crippen LogP contribution in [0.3, 0.4) is 0 Å². The monoisotopic (exact) mass is 429 g/mol. The lowest BCUT2D eigenvalue weighted by Gasteiger charge is -2.31. The molecule has 3 aliphatic rings. The van der Waals surface area contributed by atoms with Crippen LogP contribution in [-0.4, -0.2) is 42.3 Å². The van der Waals surface area contributed by atoms with E-state index in [0.717, 1.165) is 51.4 Å². The molecule has 0 unspecified atom stereocenters. The quantitative estimate of drug-likeness (QED) is 0.406. The molecule has 0 amide bonds. The second kappa shape index (κ2) is 10.6. The van der Waals surface area contributed by atoms with Crippen molar-refractivity contribution in [3.8, 4) is 0 Å². The minimum absolute atomic E-state index is 0.0936. The molecule has 2 saturated carbocycles. The summed E-state index contributed by atoms with van der Waals surface area (Å²) in [7, 11) is 0. The van der Waals surface area contributed by atoms with Crippen molar-refractivity contribution in [1.29, 1.82) is 0 Å². The number of rotatable bonds is 5. The molecule has 0 spiro atoms. The van der Waals surface area contributed by atoms with E-state index in [4.69, 9.17) is 26.0 Å². The SMILES string of the molecule is C[C@@H]1OC(=O)[C@@H](NCl)CCC[C@H](OC(=O)C2CCCC2)[C@H]1OC(=O)C1CCCC1. The van der Waals surface area contributed by atoms with Gasteiger partial charge in [-0.15, -0.1) is 0 Å². The molecular weight excluding hydrogens is 398 g/mol. The molecule has 0 aromatic carbocycles. The highest BCUT2D eigenvalue weighted by Gasteiger charge is 2.40. The lowest BCUT2D eigenvalue weighted by atomic mass is 10.0. The van der Waals surface area contributed by atoms with E-state index in [9.17, 15) is 14.4 Å². The van der Waals surface area contributed by atoms with Crippen molar-refractivity contribution in [2.24, 2.45) is 11.8 Å². The number of halogens is 1. The summed E-state index contributed by atoms with van der Waals surface area (Å²) in [5.41, 5.74) is 0. The van der Waals surface area contributed by atoms with E-state index in [-0.39, 0.29) is 23.8 Å². The largest absolute Gasteiger partial charge is 0.458 e. The van der Waals surface area contributed by atoms with Crippen molar-refractivity contribution in [3.05, 3.63) is 0 Å². The van der Waals surface area contributed by atoms with Crippen molar-refractivity contribution < 1.29 is 28.6 Å². The molecule has 8 heteroatoms. The van der Waals surface area contributed by atoms with Gasteiger partial charge in [-0.3, -0.25) is 14.4 Å². The Morgan fingerprint density at radius 1 is 0.897 bits per heavy atom. The molecule has 0 bridgehead atoms. The Labute approximate surface area is 177 Å². The van der Waals surface area contributed by atoms with E-state index in [1.54, 1.807) is 6.92 Å². The fraction of sp³-hybridized carbons (Fsp3) is 0.857. The Kier molecular flexibility index (Phi) is 8.18. The van der Waals surface area contributed by atoms with Crippen molar-refractivity contribution >= 4 is 29.7 Å². The first-order chi connectivity index (χ1) is 14.0. The third kappa shape index (κ3) is 5.85. The van der Waals surface area contributed by atoms with Crippen LogP contribution in [0.2, 0.25) is 0 Å². The van der Waals surface area contributed by atoms with Gasteiger partial charge in [0.1, 0.15) is 18.2 Å². The Morgan fingerprint density at radius 3 is 2.00 bits per heavy atom. The van der Waals surface area contributed by atoms with Crippen LogP contribution in [0.15, 0.2) is 0 Å². The van der Waals surface area contributed by atoms with E-state index < -0.39 is 30.3 Å². The van der Waals surface area contributed by atoms with Crippen LogP contribution >= 0.6 is 11.8 Å². The summed E-state index contributed by atoms with van der Waals surface area (Å²) >= 11 is 5.69. The normalized spacial score (nSPS) is 32.1. The zero-order valence-corrected chi connectivity index (χ0v) is 17.8. The topological polar surface area (TPSA) is 90.9 Å². The average molecular weight is 430 g/mol. The first kappa shape index (κ1) is 22.3. The summed E-state index contributed by atoms with van der Waals surface area (Å²) in [6, 6.07) is -0.644. The highest BCUT2D eigenvalue weighted by Crippen LogP contribution is 2.31. The molecular formula is C21H32ClNO6. The van der Waals surface area contributed by atoms with Crippen LogP contribution in [0.4, 0.5) is 0 Å². The minimum Gasteiger partial charge on any atom is -0.458 e. The molecule has 1 heterocycles. The van der Waals surface area contributed by atoms with Gasteiger partial charge in [0, 0.05) is 0 Å². The standard InChI is InChI=1S/C21H32ClNO6/c1-13-18(29-20(25)15-9-4-5-10-15)17(28-19(24)14-7-2-3-8-14)12-6-11-16(23-22)21(26)27-13/h13-18,23H,2-12H2,1H3/t13-,16-,17-,18-/m0/s1. The smallest absolute Gasteiger partial charge is 0.324 e. The van der Waals surface area contributed by atoms with Crippen LogP contribution in [0.25, 0.3) is 0 Å². The van der Waals surface area contributed by atoms with Crippen LogP contribution in [0.1, 0.15) is 77.6 Å². The Hall–Kier alpha value is -1.34. The van der Waals surface area contributed by atoms with Gasteiger partial charge < -0.3 is 14.2 Å². The first-order valence-corrected chi connectivity index (χ1v) is 11.3. The third-order valence-electron chi connectivity index (χ3n) is 6.43. The Bertz CT molecular complexity index is 588. The predicted octanol–water partition coefficient (Wildman–Crippen LogP) is 3.42. The fourth-order valence-corrected chi connectivity index (χ4v) is 4.83. The van der Waals surface area contributed by atoms with Crippen molar-refractivity contribution in [2.45, 2.75) is 102 Å². The average Bonchev–Trinajstić information content (AvgIpc) is 3.41. The molecule has 2 aliphatic carbocycles. The Balaban J connectivity index is 1.75. The Morgan fingerprint density at radius 2 is 1.45 bits per heavy atom. The summed E-state index contributed by atoms with van der Waals surface area (Å²) in [5.74, 6) is -1.24. The van der Waals surface area contributed by atoms with Crippen molar-refractivity contribution in [2.75, 3.05) is 0 Å². The predicted molar refractivity (Wildman–Crippen MR) is 106 cm³/mol. The van der Waals surface area contributed by atoms with Crippen LogP contribution < -0.4 is 4.84 Å². The molecule has 4 atom stereocenters. The van der Waals surface area contributed by atoms with Crippen molar-refractivity contribution in [1.82, 2.24) is 4.84 Å². The maximum atomic E-state index is 12.7. The van der Waals surface area contributed by atoms with Gasteiger partial charge in [-0.25, -0.2) is 4.84 Å². The highest BCUT2D eigenvalue weighted by atomic mass is 35.5. The summed E-state index contributed by atoms with van der Waals surface area (Å²) in [6.07, 6.45) is 6.71. The fourth-order valence-electron chi connectivity index (χ4n) is 4.64. The molecule has 0 aromatic rings. The van der Waals surface area contributed by atoms with Crippen LogP contribution in [-0.2, 0) is 28.6 Å². The molecule has 3 rings (SSSR count). The summed E-state index contributed by atoms with van der Waals surface area (Å²) in [6.45, 7) is 1.68. The third-order valence-corrected chi connectivity index (χ3v) is 6.69. The van der Waals surface area contributed by atoms with Gasteiger partial charge in [-0.1, -0.05) is 25.7 Å². The highest BCUT2D eigenvalue weighted by molar-refractivity contribution is 6.14. The van der Waals surface area contributed by atoms with E-state index in [1.165, 1.54) is 0 Å². The maximum Gasteiger partial charge on any atom is 0.324 e. The number of carbonyl (C=O) groups excluding carboxylic acids is 3. The zero-order chi connectivity index (χ0) is 20.8. The lowest BCUT2D eigenvalue weighted by molar-refractivity contribution is -0.188. The van der Waals surface area contributed by atoms with Crippen molar-refractivity contribution in [3.63, 3.8) is 0 Å². The number of nitrogens with one attached hydrogen (secondary N) is 1. The molecule has 0 radical (unpaired) electrons. The summed E-state index contributed by atoms with van der Waals surface area (Å²) in [4.78, 5) is 40.2. The number of carbonyl (C=O) groups is 3. The minimum atomic E-state index is -0.813. The molecule has 1 aliphatic heterocycles. The molecule has 1 saturated heterocycles. The second-order valence-electron chi connectivity index (χ2n) is 8.57.